The zero-order valence-electron chi connectivity index (χ0n) is 9.62. The van der Waals surface area contributed by atoms with E-state index in [9.17, 15) is 0 Å². The van der Waals surface area contributed by atoms with E-state index in [-0.39, 0.29) is 6.04 Å². The number of para-hydroxylation sites is 2. The minimum absolute atomic E-state index is 0.117. The molecule has 0 amide bonds. The molecule has 1 unspecified atom stereocenters. The highest BCUT2D eigenvalue weighted by Crippen LogP contribution is 2.35. The maximum Gasteiger partial charge on any atom is 0.106 e. The minimum Gasteiger partial charge on any atom is -0.359 e. The molecule has 0 N–H and O–H groups in total. The van der Waals surface area contributed by atoms with Crippen molar-refractivity contribution in [3.63, 3.8) is 0 Å². The smallest absolute Gasteiger partial charge is 0.106 e. The van der Waals surface area contributed by atoms with Crippen LogP contribution in [0.15, 0.2) is 53.7 Å². The molecule has 1 aliphatic rings. The van der Waals surface area contributed by atoms with Gasteiger partial charge in [-0.25, -0.2) is 0 Å². The molecular weight excluding hydrogens is 210 g/mol. The summed E-state index contributed by atoms with van der Waals surface area (Å²) >= 11 is 0. The molecule has 3 heteroatoms. The van der Waals surface area contributed by atoms with E-state index < -0.39 is 0 Å². The van der Waals surface area contributed by atoms with Crippen molar-refractivity contribution in [2.24, 2.45) is 4.99 Å². The van der Waals surface area contributed by atoms with E-state index in [1.807, 2.05) is 48.8 Å². The Labute approximate surface area is 100 Å². The highest BCUT2D eigenvalue weighted by Gasteiger charge is 2.21. The van der Waals surface area contributed by atoms with Crippen molar-refractivity contribution in [3.05, 3.63) is 54.4 Å². The van der Waals surface area contributed by atoms with Crippen molar-refractivity contribution in [1.82, 2.24) is 4.98 Å². The maximum absolute atomic E-state index is 4.49. The Kier molecular flexibility index (Phi) is 2.37. The Hall–Kier alpha value is -2.16. The molecule has 1 aromatic heterocycles. The maximum atomic E-state index is 4.49. The number of hydrogen-bond donors (Lipinski definition) is 0. The van der Waals surface area contributed by atoms with E-state index >= 15 is 0 Å². The van der Waals surface area contributed by atoms with Gasteiger partial charge in [0.15, 0.2) is 0 Å². The van der Waals surface area contributed by atoms with Gasteiger partial charge < -0.3 is 4.90 Å². The van der Waals surface area contributed by atoms with E-state index in [4.69, 9.17) is 0 Å². The molecule has 0 saturated heterocycles. The standard InChI is InChI=1S/C14H13N3/c1-17-13-8-3-2-6-11(13)16-10-14(17)12-7-4-5-9-15-12/h2-10,14H,1H3. The highest BCUT2D eigenvalue weighted by molar-refractivity contribution is 5.84. The van der Waals surface area contributed by atoms with Crippen LogP contribution < -0.4 is 4.90 Å². The monoisotopic (exact) mass is 223 g/mol. The third-order valence-electron chi connectivity index (χ3n) is 3.02. The number of rotatable bonds is 1. The average Bonchev–Trinajstić information content (AvgIpc) is 2.40. The van der Waals surface area contributed by atoms with Crippen LogP contribution in [0.3, 0.4) is 0 Å². The van der Waals surface area contributed by atoms with Crippen molar-refractivity contribution < 1.29 is 0 Å². The predicted molar refractivity (Wildman–Crippen MR) is 70.0 cm³/mol. The van der Waals surface area contributed by atoms with Crippen LogP contribution in [0.4, 0.5) is 11.4 Å². The van der Waals surface area contributed by atoms with Gasteiger partial charge in [0, 0.05) is 19.5 Å². The van der Waals surface area contributed by atoms with Crippen LogP contribution in [0.2, 0.25) is 0 Å². The summed E-state index contributed by atoms with van der Waals surface area (Å²) in [5.74, 6) is 0. The van der Waals surface area contributed by atoms with Gasteiger partial charge in [-0.3, -0.25) is 9.98 Å². The van der Waals surface area contributed by atoms with E-state index in [0.717, 1.165) is 17.1 Å². The Morgan fingerprint density at radius 1 is 1.06 bits per heavy atom. The third kappa shape index (κ3) is 1.69. The molecule has 0 saturated carbocycles. The van der Waals surface area contributed by atoms with Crippen LogP contribution in [0.1, 0.15) is 11.7 Å². The Balaban J connectivity index is 2.03. The molecule has 0 aliphatic carbocycles. The van der Waals surface area contributed by atoms with Crippen LogP contribution in [0.25, 0.3) is 0 Å². The molecule has 2 aromatic rings. The fourth-order valence-corrected chi connectivity index (χ4v) is 2.10. The fourth-order valence-electron chi connectivity index (χ4n) is 2.10. The number of anilines is 1. The summed E-state index contributed by atoms with van der Waals surface area (Å²) in [7, 11) is 2.07. The number of benzene rings is 1. The normalized spacial score (nSPS) is 17.9. The second-order valence-electron chi connectivity index (χ2n) is 4.08. The molecule has 0 radical (unpaired) electrons. The van der Waals surface area contributed by atoms with Gasteiger partial charge in [0.1, 0.15) is 6.04 Å². The van der Waals surface area contributed by atoms with Crippen LogP contribution in [0.5, 0.6) is 0 Å². The lowest BCUT2D eigenvalue weighted by molar-refractivity contribution is 0.819. The van der Waals surface area contributed by atoms with Gasteiger partial charge in [-0.05, 0) is 24.3 Å². The zero-order valence-corrected chi connectivity index (χ0v) is 9.62. The van der Waals surface area contributed by atoms with Gasteiger partial charge in [0.05, 0.1) is 17.1 Å². The summed E-state index contributed by atoms with van der Waals surface area (Å²) in [6, 6.07) is 14.2. The van der Waals surface area contributed by atoms with Gasteiger partial charge >= 0.3 is 0 Å². The number of pyridine rings is 1. The summed E-state index contributed by atoms with van der Waals surface area (Å²) in [4.78, 5) is 11.1. The lowest BCUT2D eigenvalue weighted by Gasteiger charge is -2.30. The van der Waals surface area contributed by atoms with Gasteiger partial charge in [-0.15, -0.1) is 0 Å². The molecule has 0 fully saturated rings. The van der Waals surface area contributed by atoms with Crippen LogP contribution >= 0.6 is 0 Å². The first-order chi connectivity index (χ1) is 8.36. The largest absolute Gasteiger partial charge is 0.359 e. The highest BCUT2D eigenvalue weighted by atomic mass is 15.2. The Morgan fingerprint density at radius 2 is 1.88 bits per heavy atom. The molecule has 84 valence electrons. The second kappa shape index (κ2) is 4.01. The molecule has 0 bridgehead atoms. The van der Waals surface area contributed by atoms with Crippen LogP contribution in [-0.4, -0.2) is 18.2 Å². The number of nitrogens with zero attached hydrogens (tertiary/aromatic N) is 3. The van der Waals surface area contributed by atoms with E-state index in [2.05, 4.69) is 28.0 Å². The summed E-state index contributed by atoms with van der Waals surface area (Å²) in [5.41, 5.74) is 3.18. The van der Waals surface area contributed by atoms with E-state index in [1.54, 1.807) is 0 Å². The van der Waals surface area contributed by atoms with Crippen molar-refractivity contribution >= 4 is 17.6 Å². The molecule has 1 atom stereocenters. The molecule has 17 heavy (non-hydrogen) atoms. The molecule has 2 heterocycles. The van der Waals surface area contributed by atoms with E-state index in [0.29, 0.717) is 0 Å². The Morgan fingerprint density at radius 3 is 2.71 bits per heavy atom. The lowest BCUT2D eigenvalue weighted by Crippen LogP contribution is -2.28. The summed E-state index contributed by atoms with van der Waals surface area (Å²) in [6.07, 6.45) is 3.77. The van der Waals surface area contributed by atoms with Crippen molar-refractivity contribution in [3.8, 4) is 0 Å². The SMILES string of the molecule is CN1c2ccccc2N=CC1c1ccccn1. The Bertz CT molecular complexity index is 548. The molecular formula is C14H13N3. The van der Waals surface area contributed by atoms with Crippen LogP contribution in [0, 0.1) is 0 Å². The molecule has 0 spiro atoms. The van der Waals surface area contributed by atoms with Gasteiger partial charge in [0.25, 0.3) is 0 Å². The van der Waals surface area contributed by atoms with Crippen LogP contribution in [-0.2, 0) is 0 Å². The first kappa shape index (κ1) is 10.0. The number of aliphatic imine (C=N–C) groups is 1. The predicted octanol–water partition coefficient (Wildman–Crippen LogP) is 2.98. The first-order valence-electron chi connectivity index (χ1n) is 5.63. The molecule has 1 aromatic carbocycles. The zero-order chi connectivity index (χ0) is 11.7. The van der Waals surface area contributed by atoms with Crippen molar-refractivity contribution in [2.45, 2.75) is 6.04 Å². The minimum atomic E-state index is 0.117. The number of aromatic nitrogens is 1. The second-order valence-corrected chi connectivity index (χ2v) is 4.08. The molecule has 3 rings (SSSR count). The van der Waals surface area contributed by atoms with Crippen molar-refractivity contribution in [1.29, 1.82) is 0 Å². The summed E-state index contributed by atoms with van der Waals surface area (Å²) < 4.78 is 0. The molecule has 3 nitrogen and oxygen atoms in total. The number of hydrogen-bond acceptors (Lipinski definition) is 3. The van der Waals surface area contributed by atoms with E-state index in [1.165, 1.54) is 0 Å². The third-order valence-corrected chi connectivity index (χ3v) is 3.02. The first-order valence-corrected chi connectivity index (χ1v) is 5.63. The lowest BCUT2D eigenvalue weighted by atomic mass is 10.1. The van der Waals surface area contributed by atoms with Gasteiger partial charge in [0.2, 0.25) is 0 Å². The number of fused-ring (bicyclic) bond motifs is 1. The fraction of sp³-hybridized carbons (Fsp3) is 0.143. The quantitative estimate of drug-likeness (QED) is 0.743. The van der Waals surface area contributed by atoms with Gasteiger partial charge in [-0.1, -0.05) is 18.2 Å². The summed E-state index contributed by atoms with van der Waals surface area (Å²) in [5, 5.41) is 0. The van der Waals surface area contributed by atoms with Crippen molar-refractivity contribution in [2.75, 3.05) is 11.9 Å². The molecule has 1 aliphatic heterocycles. The summed E-state index contributed by atoms with van der Waals surface area (Å²) in [6.45, 7) is 0. The topological polar surface area (TPSA) is 28.5 Å². The van der Waals surface area contributed by atoms with Gasteiger partial charge in [-0.2, -0.15) is 0 Å². The average molecular weight is 223 g/mol.